The van der Waals surface area contributed by atoms with Crippen molar-refractivity contribution in [2.24, 2.45) is 0 Å². The van der Waals surface area contributed by atoms with Crippen molar-refractivity contribution >= 4 is 34.3 Å². The van der Waals surface area contributed by atoms with E-state index in [1.54, 1.807) is 12.3 Å². The Morgan fingerprint density at radius 1 is 0.979 bits per heavy atom. The number of anilines is 3. The van der Waals surface area contributed by atoms with Crippen LogP contribution in [0.15, 0.2) is 83.8 Å². The van der Waals surface area contributed by atoms with Crippen LogP contribution in [-0.2, 0) is 17.3 Å². The van der Waals surface area contributed by atoms with Crippen LogP contribution in [0.2, 0.25) is 0 Å². The lowest BCUT2D eigenvalue weighted by molar-refractivity contribution is -0.137. The molecule has 242 valence electrons. The molecule has 1 aliphatic heterocycles. The van der Waals surface area contributed by atoms with Crippen molar-refractivity contribution in [2.45, 2.75) is 12.6 Å². The fraction of sp³-hybridized carbons (Fsp3) is 0.242. The minimum absolute atomic E-state index is 0.183. The van der Waals surface area contributed by atoms with Crippen molar-refractivity contribution in [3.05, 3.63) is 106 Å². The number of carbonyl (C=O) groups is 1. The van der Waals surface area contributed by atoms with Crippen LogP contribution in [0.5, 0.6) is 5.75 Å². The topological polar surface area (TPSA) is 124 Å². The minimum atomic E-state index is -4.61. The number of carbonyl (C=O) groups excluding carboxylic acids is 1. The van der Waals surface area contributed by atoms with Crippen molar-refractivity contribution < 1.29 is 27.4 Å². The first-order valence-electron chi connectivity index (χ1n) is 14.8. The van der Waals surface area contributed by atoms with Crippen LogP contribution in [0.4, 0.5) is 30.5 Å². The van der Waals surface area contributed by atoms with E-state index in [1.807, 2.05) is 30.3 Å². The Morgan fingerprint density at radius 3 is 2.51 bits per heavy atom. The summed E-state index contributed by atoms with van der Waals surface area (Å²) in [5.74, 6) is -0.196. The van der Waals surface area contributed by atoms with Gasteiger partial charge in [-0.2, -0.15) is 23.1 Å². The predicted octanol–water partition coefficient (Wildman–Crippen LogP) is 5.07. The van der Waals surface area contributed by atoms with Crippen LogP contribution in [-0.4, -0.2) is 70.3 Å². The van der Waals surface area contributed by atoms with Gasteiger partial charge in [0.05, 0.1) is 37.0 Å². The normalized spacial score (nSPS) is 13.8. The van der Waals surface area contributed by atoms with Crippen molar-refractivity contribution in [1.82, 2.24) is 24.4 Å². The second-order valence-electron chi connectivity index (χ2n) is 10.8. The monoisotopic (exact) mass is 645 g/mol. The van der Waals surface area contributed by atoms with E-state index in [-0.39, 0.29) is 22.8 Å². The van der Waals surface area contributed by atoms with E-state index in [1.165, 1.54) is 35.9 Å². The molecular weight excluding hydrogens is 615 g/mol. The Hall–Kier alpha value is -5.34. The lowest BCUT2D eigenvalue weighted by Gasteiger charge is -2.27. The highest BCUT2D eigenvalue weighted by Crippen LogP contribution is 2.30. The second kappa shape index (κ2) is 13.6. The lowest BCUT2D eigenvalue weighted by Crippen LogP contribution is -2.38. The Morgan fingerprint density at radius 2 is 1.77 bits per heavy atom. The Bertz CT molecular complexity index is 1960. The van der Waals surface area contributed by atoms with Gasteiger partial charge < -0.3 is 20.1 Å². The molecule has 0 aliphatic carbocycles. The van der Waals surface area contributed by atoms with E-state index in [0.29, 0.717) is 48.7 Å². The smallest absolute Gasteiger partial charge is 0.416 e. The molecule has 0 radical (unpaired) electrons. The van der Waals surface area contributed by atoms with Crippen LogP contribution < -0.4 is 21.1 Å². The average molecular weight is 646 g/mol. The van der Waals surface area contributed by atoms with E-state index < -0.39 is 23.3 Å². The number of ether oxygens (including phenoxy) is 2. The summed E-state index contributed by atoms with van der Waals surface area (Å²) < 4.78 is 52.2. The SMILES string of the molecule is COc1cc(NC(=O)c2cccc(C(F)(F)F)c2)cc(-n2c(CCN3CCOCC3)c3cnc(Nc4ccccc4)nc3nc2=O)c1. The molecule has 1 saturated heterocycles. The number of benzene rings is 3. The van der Waals surface area contributed by atoms with Crippen LogP contribution in [0.3, 0.4) is 0 Å². The molecule has 0 bridgehead atoms. The number of nitrogens with one attached hydrogen (secondary N) is 2. The standard InChI is InChI=1S/C33H30F3N7O4/c1-46-26-18-24(38-30(44)21-6-5-7-22(16-21)33(34,35)36)17-25(19-26)43-28(10-11-42-12-14-47-15-13-42)27-20-37-31(40-29(27)41-32(43)45)39-23-8-3-2-4-9-23/h2-9,16-20H,10-15H2,1H3,(H,38,44)(H,39,40,41,45). The van der Waals surface area contributed by atoms with Crippen molar-refractivity contribution in [2.75, 3.05) is 50.6 Å². The van der Waals surface area contributed by atoms with Gasteiger partial charge in [0, 0.05) is 67.0 Å². The highest BCUT2D eigenvalue weighted by Gasteiger charge is 2.31. The highest BCUT2D eigenvalue weighted by atomic mass is 19.4. The van der Waals surface area contributed by atoms with Crippen molar-refractivity contribution in [1.29, 1.82) is 0 Å². The van der Waals surface area contributed by atoms with E-state index in [2.05, 4.69) is 30.5 Å². The molecule has 0 spiro atoms. The van der Waals surface area contributed by atoms with Crippen molar-refractivity contribution in [3.8, 4) is 11.4 Å². The number of rotatable bonds is 9. The fourth-order valence-corrected chi connectivity index (χ4v) is 5.29. The molecule has 0 atom stereocenters. The average Bonchev–Trinajstić information content (AvgIpc) is 3.07. The third-order valence-corrected chi connectivity index (χ3v) is 7.64. The number of aromatic nitrogens is 4. The van der Waals surface area contributed by atoms with Gasteiger partial charge in [0.2, 0.25) is 5.95 Å². The zero-order valence-electron chi connectivity index (χ0n) is 25.3. The molecule has 11 nitrogen and oxygen atoms in total. The number of morpholine rings is 1. The molecule has 1 aliphatic rings. The van der Waals surface area contributed by atoms with Gasteiger partial charge in [0.15, 0.2) is 5.65 Å². The van der Waals surface area contributed by atoms with Gasteiger partial charge in [-0.25, -0.2) is 9.78 Å². The summed E-state index contributed by atoms with van der Waals surface area (Å²) in [4.78, 5) is 42.4. The summed E-state index contributed by atoms with van der Waals surface area (Å²) in [5, 5.41) is 6.30. The van der Waals surface area contributed by atoms with E-state index >= 15 is 0 Å². The number of fused-ring (bicyclic) bond motifs is 1. The van der Waals surface area contributed by atoms with Crippen LogP contribution >= 0.6 is 0 Å². The third-order valence-electron chi connectivity index (χ3n) is 7.64. The number of hydrogen-bond donors (Lipinski definition) is 2. The molecule has 0 unspecified atom stereocenters. The maximum absolute atomic E-state index is 13.8. The molecule has 1 amide bonds. The molecule has 5 aromatic rings. The van der Waals surface area contributed by atoms with E-state index in [0.717, 1.165) is 30.9 Å². The molecule has 2 N–H and O–H groups in total. The molecule has 3 aromatic carbocycles. The van der Waals surface area contributed by atoms with E-state index in [9.17, 15) is 22.8 Å². The molecule has 2 aromatic heterocycles. The Balaban J connectivity index is 1.40. The lowest BCUT2D eigenvalue weighted by atomic mass is 10.1. The molecular formula is C33H30F3N7O4. The van der Waals surface area contributed by atoms with Crippen LogP contribution in [0, 0.1) is 0 Å². The van der Waals surface area contributed by atoms with Gasteiger partial charge in [-0.05, 0) is 36.4 Å². The molecule has 3 heterocycles. The zero-order chi connectivity index (χ0) is 33.0. The number of amides is 1. The summed E-state index contributed by atoms with van der Waals surface area (Å²) in [5.41, 5.74) is 0.333. The predicted molar refractivity (Wildman–Crippen MR) is 170 cm³/mol. The maximum atomic E-state index is 13.8. The largest absolute Gasteiger partial charge is 0.497 e. The van der Waals surface area contributed by atoms with Gasteiger partial charge >= 0.3 is 11.9 Å². The van der Waals surface area contributed by atoms with Crippen LogP contribution in [0.25, 0.3) is 16.7 Å². The van der Waals surface area contributed by atoms with Gasteiger partial charge in [0.25, 0.3) is 5.91 Å². The van der Waals surface area contributed by atoms with Crippen molar-refractivity contribution in [3.63, 3.8) is 0 Å². The number of nitrogens with zero attached hydrogens (tertiary/aromatic N) is 5. The quantitative estimate of drug-likeness (QED) is 0.226. The summed E-state index contributed by atoms with van der Waals surface area (Å²) in [6.07, 6.45) is -2.57. The van der Waals surface area contributed by atoms with Gasteiger partial charge in [0.1, 0.15) is 5.75 Å². The fourth-order valence-electron chi connectivity index (χ4n) is 5.29. The summed E-state index contributed by atoms with van der Waals surface area (Å²) >= 11 is 0. The number of methoxy groups -OCH3 is 1. The highest BCUT2D eigenvalue weighted by molar-refractivity contribution is 6.04. The molecule has 1 fully saturated rings. The molecule has 6 rings (SSSR count). The van der Waals surface area contributed by atoms with Crippen LogP contribution in [0.1, 0.15) is 21.6 Å². The number of alkyl halides is 3. The minimum Gasteiger partial charge on any atom is -0.497 e. The summed E-state index contributed by atoms with van der Waals surface area (Å²) in [7, 11) is 1.42. The maximum Gasteiger partial charge on any atom is 0.416 e. The summed E-state index contributed by atoms with van der Waals surface area (Å²) in [6.45, 7) is 3.28. The second-order valence-corrected chi connectivity index (χ2v) is 10.8. The molecule has 47 heavy (non-hydrogen) atoms. The zero-order valence-corrected chi connectivity index (χ0v) is 25.3. The first kappa shape index (κ1) is 31.6. The number of halogens is 3. The van der Waals surface area contributed by atoms with Gasteiger partial charge in [-0.3, -0.25) is 14.3 Å². The Labute approximate surface area is 267 Å². The third kappa shape index (κ3) is 7.39. The Kier molecular flexibility index (Phi) is 9.13. The summed E-state index contributed by atoms with van der Waals surface area (Å²) in [6, 6.07) is 18.1. The first-order chi connectivity index (χ1) is 22.7. The number of hydrogen-bond acceptors (Lipinski definition) is 9. The van der Waals surface area contributed by atoms with E-state index in [4.69, 9.17) is 9.47 Å². The molecule has 14 heteroatoms. The van der Waals surface area contributed by atoms with Gasteiger partial charge in [-0.1, -0.05) is 24.3 Å². The first-order valence-corrected chi connectivity index (χ1v) is 14.8. The molecule has 0 saturated carbocycles. The van der Waals surface area contributed by atoms with Gasteiger partial charge in [-0.15, -0.1) is 0 Å². The number of para-hydroxylation sites is 1.